The number of piperidine rings is 1. The monoisotopic (exact) mass is 448 g/mol. The molecule has 2 aromatic carbocycles. The van der Waals surface area contributed by atoms with Gasteiger partial charge in [0.15, 0.2) is 0 Å². The maximum Gasteiger partial charge on any atom is 0.230 e. The van der Waals surface area contributed by atoms with Gasteiger partial charge in [-0.3, -0.25) is 9.59 Å². The van der Waals surface area contributed by atoms with Gasteiger partial charge in [-0.1, -0.05) is 54.6 Å². The lowest BCUT2D eigenvalue weighted by molar-refractivity contribution is -0.147. The fourth-order valence-electron chi connectivity index (χ4n) is 5.36. The minimum atomic E-state index is -0.574. The zero-order valence-electron chi connectivity index (χ0n) is 20.0. The Labute approximate surface area is 197 Å². The van der Waals surface area contributed by atoms with E-state index < -0.39 is 5.41 Å². The van der Waals surface area contributed by atoms with Crippen LogP contribution in [-0.4, -0.2) is 61.5 Å². The molecule has 2 aliphatic heterocycles. The first-order valence-corrected chi connectivity index (χ1v) is 12.2. The predicted octanol–water partition coefficient (Wildman–Crippen LogP) is 4.55. The van der Waals surface area contributed by atoms with Crippen molar-refractivity contribution in [1.82, 2.24) is 9.80 Å². The van der Waals surface area contributed by atoms with E-state index in [-0.39, 0.29) is 17.9 Å². The lowest BCUT2D eigenvalue weighted by Crippen LogP contribution is -2.54. The number of benzene rings is 2. The molecule has 0 aliphatic carbocycles. The normalized spacial score (nSPS) is 22.8. The molecule has 2 fully saturated rings. The quantitative estimate of drug-likeness (QED) is 0.624. The maximum absolute atomic E-state index is 13.4. The molecule has 2 atom stereocenters. The van der Waals surface area contributed by atoms with Crippen molar-refractivity contribution in [2.45, 2.75) is 51.0 Å². The average Bonchev–Trinajstić information content (AvgIpc) is 3.37. The lowest BCUT2D eigenvalue weighted by Gasteiger charge is -2.43. The van der Waals surface area contributed by atoms with Crippen molar-refractivity contribution in [3.63, 3.8) is 0 Å². The molecule has 5 nitrogen and oxygen atoms in total. The second-order valence-corrected chi connectivity index (χ2v) is 9.81. The van der Waals surface area contributed by atoms with Gasteiger partial charge in [0.1, 0.15) is 0 Å². The summed E-state index contributed by atoms with van der Waals surface area (Å²) in [7, 11) is 3.64. The minimum absolute atomic E-state index is 0.117. The summed E-state index contributed by atoms with van der Waals surface area (Å²) in [5, 5.41) is 0. The number of carbonyl (C=O) groups excluding carboxylic acids is 2. The topological polar surface area (TPSA) is 49.9 Å². The van der Waals surface area contributed by atoms with Crippen LogP contribution in [0.3, 0.4) is 0 Å². The van der Waals surface area contributed by atoms with Crippen molar-refractivity contribution in [3.05, 3.63) is 60.2 Å². The smallest absolute Gasteiger partial charge is 0.230 e. The molecule has 2 aliphatic rings. The van der Waals surface area contributed by atoms with Gasteiger partial charge in [0.05, 0.1) is 11.5 Å². The average molecular weight is 449 g/mol. The van der Waals surface area contributed by atoms with E-state index in [0.717, 1.165) is 50.8 Å². The van der Waals surface area contributed by atoms with Gasteiger partial charge in [-0.15, -0.1) is 0 Å². The van der Waals surface area contributed by atoms with E-state index in [2.05, 4.69) is 36.4 Å². The molecule has 2 saturated heterocycles. The molecule has 33 heavy (non-hydrogen) atoms. The minimum Gasteiger partial charge on any atom is -0.378 e. The van der Waals surface area contributed by atoms with E-state index in [9.17, 15) is 9.59 Å². The highest BCUT2D eigenvalue weighted by Crippen LogP contribution is 2.36. The standard InChI is InChI=1S/C28H36N2O3/c1-29(2)27(32)28(20-22-11-13-24(14-12-22)23-8-4-3-5-9-23)17-7-18-30(21-28)26(31)16-15-25-10-6-19-33-25/h3-5,8-9,11-14,25H,6-7,10,15-21H2,1-2H3/t25-,28+/m0/s1. The van der Waals surface area contributed by atoms with Gasteiger partial charge in [-0.2, -0.15) is 0 Å². The Hall–Kier alpha value is -2.66. The fraction of sp³-hybridized carbons (Fsp3) is 0.500. The number of rotatable bonds is 7. The van der Waals surface area contributed by atoms with Crippen LogP contribution in [0, 0.1) is 5.41 Å². The van der Waals surface area contributed by atoms with Crippen molar-refractivity contribution in [3.8, 4) is 11.1 Å². The van der Waals surface area contributed by atoms with Crippen molar-refractivity contribution in [1.29, 1.82) is 0 Å². The van der Waals surface area contributed by atoms with Crippen LogP contribution in [0.25, 0.3) is 11.1 Å². The third kappa shape index (κ3) is 5.64. The Balaban J connectivity index is 1.48. The highest BCUT2D eigenvalue weighted by atomic mass is 16.5. The molecular weight excluding hydrogens is 412 g/mol. The molecule has 5 heteroatoms. The summed E-state index contributed by atoms with van der Waals surface area (Å²) in [5.74, 6) is 0.270. The van der Waals surface area contributed by atoms with E-state index >= 15 is 0 Å². The molecule has 4 rings (SSSR count). The van der Waals surface area contributed by atoms with E-state index in [4.69, 9.17) is 4.74 Å². The molecule has 0 radical (unpaired) electrons. The van der Waals surface area contributed by atoms with Gasteiger partial charge < -0.3 is 14.5 Å². The first-order chi connectivity index (χ1) is 16.0. The SMILES string of the molecule is CN(C)C(=O)[C@@]1(Cc2ccc(-c3ccccc3)cc2)CCCN(C(=O)CC[C@@H]2CCCO2)C1. The van der Waals surface area contributed by atoms with E-state index in [1.807, 2.05) is 37.2 Å². The third-order valence-corrected chi connectivity index (χ3v) is 7.10. The van der Waals surface area contributed by atoms with Crippen LogP contribution < -0.4 is 0 Å². The Kier molecular flexibility index (Phi) is 7.49. The summed E-state index contributed by atoms with van der Waals surface area (Å²) < 4.78 is 5.69. The van der Waals surface area contributed by atoms with Crippen LogP contribution >= 0.6 is 0 Å². The Morgan fingerprint density at radius 1 is 1.03 bits per heavy atom. The van der Waals surface area contributed by atoms with Gasteiger partial charge in [0.2, 0.25) is 11.8 Å². The molecule has 2 amide bonds. The van der Waals surface area contributed by atoms with Crippen LogP contribution in [0.15, 0.2) is 54.6 Å². The highest BCUT2D eigenvalue weighted by Gasteiger charge is 2.44. The molecule has 0 saturated carbocycles. The maximum atomic E-state index is 13.4. The second-order valence-electron chi connectivity index (χ2n) is 9.81. The number of likely N-dealkylation sites (tertiary alicyclic amines) is 1. The summed E-state index contributed by atoms with van der Waals surface area (Å²) in [6.45, 7) is 2.04. The predicted molar refractivity (Wildman–Crippen MR) is 131 cm³/mol. The molecule has 0 spiro atoms. The van der Waals surface area contributed by atoms with Crippen LogP contribution in [0.5, 0.6) is 0 Å². The van der Waals surface area contributed by atoms with Crippen molar-refractivity contribution >= 4 is 11.8 Å². The largest absolute Gasteiger partial charge is 0.378 e. The summed E-state index contributed by atoms with van der Waals surface area (Å²) in [6, 6.07) is 18.8. The van der Waals surface area contributed by atoms with Crippen LogP contribution in [0.4, 0.5) is 0 Å². The summed E-state index contributed by atoms with van der Waals surface area (Å²) >= 11 is 0. The molecule has 0 N–H and O–H groups in total. The van der Waals surface area contributed by atoms with Crippen LogP contribution in [0.1, 0.15) is 44.1 Å². The van der Waals surface area contributed by atoms with Gasteiger partial charge in [-0.05, 0) is 55.2 Å². The molecule has 0 bridgehead atoms. The number of ether oxygens (including phenoxy) is 1. The van der Waals surface area contributed by atoms with Crippen molar-refractivity contribution in [2.24, 2.45) is 5.41 Å². The highest BCUT2D eigenvalue weighted by molar-refractivity contribution is 5.85. The van der Waals surface area contributed by atoms with Gasteiger partial charge >= 0.3 is 0 Å². The summed E-state index contributed by atoms with van der Waals surface area (Å²) in [5.41, 5.74) is 2.92. The van der Waals surface area contributed by atoms with E-state index in [0.29, 0.717) is 19.4 Å². The Morgan fingerprint density at radius 2 is 1.76 bits per heavy atom. The molecule has 2 heterocycles. The van der Waals surface area contributed by atoms with Gasteiger partial charge in [-0.25, -0.2) is 0 Å². The Morgan fingerprint density at radius 3 is 2.42 bits per heavy atom. The molecule has 0 aromatic heterocycles. The molecular formula is C28H36N2O3. The zero-order chi connectivity index (χ0) is 23.3. The number of hydrogen-bond acceptors (Lipinski definition) is 3. The molecule has 176 valence electrons. The molecule has 2 aromatic rings. The summed E-state index contributed by atoms with van der Waals surface area (Å²) in [4.78, 5) is 30.1. The fourth-order valence-corrected chi connectivity index (χ4v) is 5.36. The number of carbonyl (C=O) groups is 2. The van der Waals surface area contributed by atoms with Gasteiger partial charge in [0.25, 0.3) is 0 Å². The third-order valence-electron chi connectivity index (χ3n) is 7.10. The second kappa shape index (κ2) is 10.5. The number of nitrogens with zero attached hydrogens (tertiary/aromatic N) is 2. The number of hydrogen-bond donors (Lipinski definition) is 0. The Bertz CT molecular complexity index is 935. The van der Waals surface area contributed by atoms with E-state index in [1.165, 1.54) is 11.1 Å². The first kappa shape index (κ1) is 23.5. The van der Waals surface area contributed by atoms with E-state index in [1.54, 1.807) is 4.90 Å². The lowest BCUT2D eigenvalue weighted by atomic mass is 9.73. The van der Waals surface area contributed by atoms with Crippen LogP contribution in [0.2, 0.25) is 0 Å². The summed E-state index contributed by atoms with van der Waals surface area (Å²) in [6.07, 6.45) is 5.95. The zero-order valence-corrected chi connectivity index (χ0v) is 20.0. The molecule has 0 unspecified atom stereocenters. The number of amides is 2. The van der Waals surface area contributed by atoms with Crippen LogP contribution in [-0.2, 0) is 20.7 Å². The van der Waals surface area contributed by atoms with Crippen molar-refractivity contribution in [2.75, 3.05) is 33.8 Å². The van der Waals surface area contributed by atoms with Crippen molar-refractivity contribution < 1.29 is 14.3 Å². The van der Waals surface area contributed by atoms with Gasteiger partial charge in [0, 0.05) is 40.2 Å². The first-order valence-electron chi connectivity index (χ1n) is 12.2.